The Bertz CT molecular complexity index is 647. The van der Waals surface area contributed by atoms with E-state index in [4.69, 9.17) is 0 Å². The molecule has 0 radical (unpaired) electrons. The number of amides is 2. The molecule has 4 aliphatic rings. The van der Waals surface area contributed by atoms with E-state index in [0.29, 0.717) is 22.7 Å². The van der Waals surface area contributed by atoms with Gasteiger partial charge in [-0.25, -0.2) is 4.79 Å². The second-order valence-corrected chi connectivity index (χ2v) is 10.8. The molecule has 4 aliphatic carbocycles. The van der Waals surface area contributed by atoms with Gasteiger partial charge in [-0.15, -0.1) is 0 Å². The van der Waals surface area contributed by atoms with Crippen LogP contribution in [0.4, 0.5) is 4.79 Å². The minimum Gasteiger partial charge on any atom is -0.393 e. The third kappa shape index (κ3) is 3.11. The smallest absolute Gasteiger partial charge is 0.314 e. The Morgan fingerprint density at radius 3 is 2.75 bits per heavy atom. The number of hydrogen-bond acceptors (Lipinski definition) is 2. The van der Waals surface area contributed by atoms with Crippen molar-refractivity contribution in [2.45, 2.75) is 78.2 Å². The number of rotatable bonds is 3. The van der Waals surface area contributed by atoms with Gasteiger partial charge in [-0.3, -0.25) is 0 Å². The first-order chi connectivity index (χ1) is 13.3. The van der Waals surface area contributed by atoms with Crippen molar-refractivity contribution in [3.63, 3.8) is 0 Å². The van der Waals surface area contributed by atoms with E-state index in [0.717, 1.165) is 37.1 Å². The second-order valence-electron chi connectivity index (χ2n) is 10.8. The fraction of sp³-hybridized carbons (Fsp3) is 0.875. The molecule has 0 aromatic heterocycles. The van der Waals surface area contributed by atoms with Crippen LogP contribution < -0.4 is 10.6 Å². The molecule has 3 fully saturated rings. The highest BCUT2D eigenvalue weighted by Gasteiger charge is 2.59. The van der Waals surface area contributed by atoms with Crippen LogP contribution in [0.25, 0.3) is 0 Å². The molecule has 3 saturated carbocycles. The second kappa shape index (κ2) is 7.34. The summed E-state index contributed by atoms with van der Waals surface area (Å²) in [7, 11) is 1.68. The van der Waals surface area contributed by atoms with Gasteiger partial charge in [-0.05, 0) is 91.8 Å². The Balaban J connectivity index is 1.51. The van der Waals surface area contributed by atoms with Crippen LogP contribution in [0.3, 0.4) is 0 Å². The first kappa shape index (κ1) is 20.3. The summed E-state index contributed by atoms with van der Waals surface area (Å²) in [6.07, 6.45) is 12.0. The lowest BCUT2D eigenvalue weighted by atomic mass is 9.47. The molecule has 0 heterocycles. The fourth-order valence-corrected chi connectivity index (χ4v) is 8.10. The zero-order valence-corrected chi connectivity index (χ0v) is 18.3. The molecule has 0 spiro atoms. The van der Waals surface area contributed by atoms with Crippen molar-refractivity contribution >= 4 is 6.03 Å². The van der Waals surface area contributed by atoms with Crippen LogP contribution in [0, 0.1) is 40.4 Å². The van der Waals surface area contributed by atoms with Gasteiger partial charge >= 0.3 is 6.03 Å². The van der Waals surface area contributed by atoms with Gasteiger partial charge in [0.05, 0.1) is 6.10 Å². The monoisotopic (exact) mass is 388 g/mol. The van der Waals surface area contributed by atoms with E-state index in [1.165, 1.54) is 38.5 Å². The maximum absolute atomic E-state index is 11.6. The zero-order valence-electron chi connectivity index (χ0n) is 18.3. The van der Waals surface area contributed by atoms with Gasteiger partial charge in [-0.1, -0.05) is 32.4 Å². The average Bonchev–Trinajstić information content (AvgIpc) is 3.03. The predicted molar refractivity (Wildman–Crippen MR) is 113 cm³/mol. The molecule has 0 aromatic rings. The van der Waals surface area contributed by atoms with Crippen LogP contribution in [0.2, 0.25) is 0 Å². The number of allylic oxidation sites excluding steroid dienone is 1. The minimum absolute atomic E-state index is 0.0624. The molecule has 4 nitrogen and oxygen atoms in total. The Labute approximate surface area is 170 Å². The lowest BCUT2D eigenvalue weighted by Gasteiger charge is -2.58. The standard InChI is InChI=1S/C24H40N2O2/c1-15(14-26-22(28)25-4)19-7-8-20-18-6-5-16-13-17(27)9-11-23(16,2)21(18)10-12-24(19,20)3/h5,15,17-21,27H,6-14H2,1-4H3,(H2,25,26,28)/t15?,17-,18-,19+,20-,21-,23-,24+/m0/s1. The summed E-state index contributed by atoms with van der Waals surface area (Å²) < 4.78 is 0. The first-order valence-corrected chi connectivity index (χ1v) is 11.6. The van der Waals surface area contributed by atoms with Gasteiger partial charge in [0.1, 0.15) is 0 Å². The molecular formula is C24H40N2O2. The van der Waals surface area contributed by atoms with Crippen molar-refractivity contribution in [1.29, 1.82) is 0 Å². The van der Waals surface area contributed by atoms with Gasteiger partial charge in [0.25, 0.3) is 0 Å². The number of aliphatic hydroxyl groups excluding tert-OH is 1. The summed E-state index contributed by atoms with van der Waals surface area (Å²) in [4.78, 5) is 11.6. The molecule has 0 aliphatic heterocycles. The van der Waals surface area contributed by atoms with Crippen LogP contribution in [0.15, 0.2) is 11.6 Å². The molecule has 8 atom stereocenters. The number of fused-ring (bicyclic) bond motifs is 5. The van der Waals surface area contributed by atoms with E-state index in [2.05, 4.69) is 37.5 Å². The van der Waals surface area contributed by atoms with Gasteiger partial charge in [0, 0.05) is 13.6 Å². The maximum atomic E-state index is 11.6. The summed E-state index contributed by atoms with van der Waals surface area (Å²) in [5, 5.41) is 15.9. The van der Waals surface area contributed by atoms with Crippen molar-refractivity contribution in [3.05, 3.63) is 11.6 Å². The summed E-state index contributed by atoms with van der Waals surface area (Å²) in [5.41, 5.74) is 2.31. The van der Waals surface area contributed by atoms with Gasteiger partial charge in [0.2, 0.25) is 0 Å². The maximum Gasteiger partial charge on any atom is 0.314 e. The lowest BCUT2D eigenvalue weighted by molar-refractivity contribution is -0.0564. The molecule has 0 bridgehead atoms. The summed E-state index contributed by atoms with van der Waals surface area (Å²) in [5.74, 6) is 3.67. The third-order valence-corrected chi connectivity index (χ3v) is 9.65. The number of aliphatic hydroxyl groups is 1. The molecule has 3 N–H and O–H groups in total. The third-order valence-electron chi connectivity index (χ3n) is 9.65. The van der Waals surface area contributed by atoms with Crippen molar-refractivity contribution in [2.75, 3.05) is 13.6 Å². The summed E-state index contributed by atoms with van der Waals surface area (Å²) in [6.45, 7) is 8.18. The average molecular weight is 389 g/mol. The summed E-state index contributed by atoms with van der Waals surface area (Å²) >= 11 is 0. The van der Waals surface area contributed by atoms with E-state index >= 15 is 0 Å². The van der Waals surface area contributed by atoms with E-state index < -0.39 is 0 Å². The number of carbonyl (C=O) groups excluding carboxylic acids is 1. The van der Waals surface area contributed by atoms with Crippen molar-refractivity contribution in [2.24, 2.45) is 40.4 Å². The van der Waals surface area contributed by atoms with E-state index in [9.17, 15) is 9.90 Å². The molecule has 0 saturated heterocycles. The highest BCUT2D eigenvalue weighted by Crippen LogP contribution is 2.67. The molecular weight excluding hydrogens is 348 g/mol. The number of nitrogens with one attached hydrogen (secondary N) is 2. The Kier molecular flexibility index (Phi) is 5.31. The number of hydrogen-bond donors (Lipinski definition) is 3. The SMILES string of the molecule is CNC(=O)NCC(C)[C@H]1CC[C@H]2[C@@H]3CC=C4C[C@@H](O)CC[C@]4(C)[C@H]3CC[C@]12C. The first-order valence-electron chi connectivity index (χ1n) is 11.6. The Hall–Kier alpha value is -1.03. The molecule has 2 amide bonds. The van der Waals surface area contributed by atoms with Crippen molar-refractivity contribution < 1.29 is 9.90 Å². The lowest BCUT2D eigenvalue weighted by Crippen LogP contribution is -2.51. The molecule has 4 rings (SSSR count). The number of urea groups is 1. The van der Waals surface area contributed by atoms with Gasteiger partial charge in [0.15, 0.2) is 0 Å². The minimum atomic E-state index is -0.116. The van der Waals surface area contributed by atoms with Crippen LogP contribution in [-0.2, 0) is 0 Å². The molecule has 28 heavy (non-hydrogen) atoms. The molecule has 4 heteroatoms. The highest BCUT2D eigenvalue weighted by molar-refractivity contribution is 5.73. The van der Waals surface area contributed by atoms with Crippen molar-refractivity contribution in [3.8, 4) is 0 Å². The summed E-state index contributed by atoms with van der Waals surface area (Å²) in [6, 6.07) is -0.0624. The quantitative estimate of drug-likeness (QED) is 0.624. The van der Waals surface area contributed by atoms with Crippen molar-refractivity contribution in [1.82, 2.24) is 10.6 Å². The largest absolute Gasteiger partial charge is 0.393 e. The van der Waals surface area contributed by atoms with Crippen LogP contribution >= 0.6 is 0 Å². The van der Waals surface area contributed by atoms with E-state index in [-0.39, 0.29) is 12.1 Å². The van der Waals surface area contributed by atoms with Crippen LogP contribution in [0.1, 0.15) is 72.1 Å². The fourth-order valence-electron chi connectivity index (χ4n) is 8.10. The molecule has 1 unspecified atom stereocenters. The normalized spacial score (nSPS) is 45.9. The van der Waals surface area contributed by atoms with Gasteiger partial charge in [-0.2, -0.15) is 0 Å². The topological polar surface area (TPSA) is 61.4 Å². The Morgan fingerprint density at radius 2 is 2.00 bits per heavy atom. The van der Waals surface area contributed by atoms with Crippen LogP contribution in [0.5, 0.6) is 0 Å². The zero-order chi connectivity index (χ0) is 20.1. The Morgan fingerprint density at radius 1 is 1.21 bits per heavy atom. The van der Waals surface area contributed by atoms with E-state index in [1.807, 2.05) is 0 Å². The number of carbonyl (C=O) groups is 1. The predicted octanol–water partition coefficient (Wildman–Crippen LogP) is 4.49. The van der Waals surface area contributed by atoms with Crippen LogP contribution in [-0.4, -0.2) is 30.8 Å². The van der Waals surface area contributed by atoms with E-state index in [1.54, 1.807) is 12.6 Å². The molecule has 158 valence electrons. The highest BCUT2D eigenvalue weighted by atomic mass is 16.3. The molecule has 0 aromatic carbocycles. The van der Waals surface area contributed by atoms with Gasteiger partial charge < -0.3 is 15.7 Å².